The topological polar surface area (TPSA) is 12.0 Å². The molecule has 82 valence electrons. The molecule has 0 atom stereocenters. The van der Waals surface area contributed by atoms with E-state index in [1.54, 1.807) is 0 Å². The van der Waals surface area contributed by atoms with Gasteiger partial charge in [-0.25, -0.2) is 0 Å². The first kappa shape index (κ1) is 11.0. The van der Waals surface area contributed by atoms with Crippen LogP contribution in [0.3, 0.4) is 0 Å². The first-order chi connectivity index (χ1) is 7.38. The predicted octanol–water partition coefficient (Wildman–Crippen LogP) is 3.30. The minimum absolute atomic E-state index is 0.965. The van der Waals surface area contributed by atoms with Gasteiger partial charge in [-0.05, 0) is 42.8 Å². The Balaban J connectivity index is 1.75. The molecular weight excluding hydrogens is 202 g/mol. The summed E-state index contributed by atoms with van der Waals surface area (Å²) in [5.74, 6) is 2.34. The number of benzene rings is 1. The quantitative estimate of drug-likeness (QED) is 0.740. The molecule has 2 heteroatoms. The Bertz CT molecular complexity index is 290. The third-order valence-electron chi connectivity index (χ3n) is 2.80. The fourth-order valence-electron chi connectivity index (χ4n) is 1.66. The lowest BCUT2D eigenvalue weighted by atomic mass is 10.2. The van der Waals surface area contributed by atoms with Gasteiger partial charge in [0.1, 0.15) is 0 Å². The lowest BCUT2D eigenvalue weighted by Crippen LogP contribution is -2.04. The fraction of sp³-hybridized carbons (Fsp3) is 0.538. The zero-order valence-corrected chi connectivity index (χ0v) is 10.1. The van der Waals surface area contributed by atoms with Crippen LogP contribution in [-0.2, 0) is 6.54 Å². The van der Waals surface area contributed by atoms with Gasteiger partial charge in [0.2, 0.25) is 0 Å². The van der Waals surface area contributed by atoms with Crippen molar-refractivity contribution in [2.24, 2.45) is 5.92 Å². The monoisotopic (exact) mass is 221 g/mol. The molecule has 0 radical (unpaired) electrons. The van der Waals surface area contributed by atoms with Crippen molar-refractivity contribution in [1.82, 2.24) is 5.32 Å². The molecule has 0 heterocycles. The van der Waals surface area contributed by atoms with E-state index in [0.29, 0.717) is 0 Å². The number of rotatable bonds is 6. The molecule has 1 aliphatic rings. The number of nitrogens with one attached hydrogen (secondary N) is 1. The summed E-state index contributed by atoms with van der Waals surface area (Å²) in [6.45, 7) is 0.965. The summed E-state index contributed by atoms with van der Waals surface area (Å²) >= 11 is 2.00. The Kier molecular flexibility index (Phi) is 4.09. The maximum absolute atomic E-state index is 3.16. The molecule has 0 aromatic heterocycles. The largest absolute Gasteiger partial charge is 0.316 e. The number of hydrogen-bond acceptors (Lipinski definition) is 2. The van der Waals surface area contributed by atoms with Crippen LogP contribution in [0.2, 0.25) is 0 Å². The molecule has 0 amide bonds. The van der Waals surface area contributed by atoms with Gasteiger partial charge < -0.3 is 5.32 Å². The summed E-state index contributed by atoms with van der Waals surface area (Å²) in [6, 6.07) is 8.92. The van der Waals surface area contributed by atoms with Crippen LogP contribution in [0, 0.1) is 5.92 Å². The van der Waals surface area contributed by atoms with Crippen LogP contribution in [0.1, 0.15) is 24.8 Å². The van der Waals surface area contributed by atoms with Crippen LogP contribution < -0.4 is 5.32 Å². The molecule has 2 rings (SSSR count). The molecule has 1 saturated carbocycles. The first-order valence-corrected chi connectivity index (χ1v) is 6.73. The molecular formula is C13H19NS. The van der Waals surface area contributed by atoms with Crippen molar-refractivity contribution in [2.75, 3.05) is 12.8 Å². The second-order valence-corrected chi connectivity index (χ2v) is 5.42. The molecule has 1 nitrogen and oxygen atoms in total. The van der Waals surface area contributed by atoms with Gasteiger partial charge in [-0.3, -0.25) is 0 Å². The second-order valence-electron chi connectivity index (χ2n) is 4.25. The van der Waals surface area contributed by atoms with Gasteiger partial charge in [-0.1, -0.05) is 25.0 Å². The standard InChI is InChI=1S/C13H19NS/c1-14-10-12-4-6-13(7-5-12)15-9-8-11-2-3-11/h4-7,11,14H,2-3,8-10H2,1H3. The van der Waals surface area contributed by atoms with E-state index in [4.69, 9.17) is 0 Å². The van der Waals surface area contributed by atoms with E-state index >= 15 is 0 Å². The zero-order chi connectivity index (χ0) is 10.5. The smallest absolute Gasteiger partial charge is 0.0202 e. The highest BCUT2D eigenvalue weighted by molar-refractivity contribution is 7.99. The van der Waals surface area contributed by atoms with Crippen LogP contribution in [0.5, 0.6) is 0 Å². The van der Waals surface area contributed by atoms with Gasteiger partial charge in [0.05, 0.1) is 0 Å². The van der Waals surface area contributed by atoms with Gasteiger partial charge in [-0.2, -0.15) is 0 Å². The van der Waals surface area contributed by atoms with E-state index in [1.807, 2.05) is 18.8 Å². The molecule has 1 fully saturated rings. The van der Waals surface area contributed by atoms with Crippen LogP contribution in [0.25, 0.3) is 0 Å². The molecule has 1 N–H and O–H groups in total. The van der Waals surface area contributed by atoms with Gasteiger partial charge in [0.15, 0.2) is 0 Å². The summed E-state index contributed by atoms with van der Waals surface area (Å²) in [6.07, 6.45) is 4.35. The third-order valence-corrected chi connectivity index (χ3v) is 3.84. The van der Waals surface area contributed by atoms with E-state index in [1.165, 1.54) is 35.5 Å². The second kappa shape index (κ2) is 5.57. The van der Waals surface area contributed by atoms with E-state index < -0.39 is 0 Å². The van der Waals surface area contributed by atoms with Crippen molar-refractivity contribution < 1.29 is 0 Å². The van der Waals surface area contributed by atoms with Crippen molar-refractivity contribution >= 4 is 11.8 Å². The predicted molar refractivity (Wildman–Crippen MR) is 67.3 cm³/mol. The molecule has 1 aromatic carbocycles. The van der Waals surface area contributed by atoms with Crippen molar-refractivity contribution in [1.29, 1.82) is 0 Å². The summed E-state index contributed by atoms with van der Waals surface area (Å²) in [5, 5.41) is 3.16. The third kappa shape index (κ3) is 3.88. The lowest BCUT2D eigenvalue weighted by Gasteiger charge is -2.03. The van der Waals surface area contributed by atoms with Crippen molar-refractivity contribution in [3.8, 4) is 0 Å². The maximum atomic E-state index is 3.16. The van der Waals surface area contributed by atoms with E-state index in [9.17, 15) is 0 Å². The Morgan fingerprint density at radius 2 is 2.00 bits per heavy atom. The highest BCUT2D eigenvalue weighted by atomic mass is 32.2. The minimum Gasteiger partial charge on any atom is -0.316 e. The normalized spacial score (nSPS) is 15.5. The van der Waals surface area contributed by atoms with Crippen LogP contribution in [0.15, 0.2) is 29.2 Å². The Labute approximate surface area is 96.7 Å². The van der Waals surface area contributed by atoms with Crippen LogP contribution in [0.4, 0.5) is 0 Å². The van der Waals surface area contributed by atoms with Crippen LogP contribution in [-0.4, -0.2) is 12.8 Å². The number of thioether (sulfide) groups is 1. The lowest BCUT2D eigenvalue weighted by molar-refractivity contribution is 0.808. The van der Waals surface area contributed by atoms with Crippen molar-refractivity contribution in [3.05, 3.63) is 29.8 Å². The Morgan fingerprint density at radius 3 is 2.60 bits per heavy atom. The van der Waals surface area contributed by atoms with Crippen molar-refractivity contribution in [2.45, 2.75) is 30.7 Å². The molecule has 0 bridgehead atoms. The van der Waals surface area contributed by atoms with E-state index in [-0.39, 0.29) is 0 Å². The molecule has 15 heavy (non-hydrogen) atoms. The summed E-state index contributed by atoms with van der Waals surface area (Å²) in [4.78, 5) is 1.41. The molecule has 1 aromatic rings. The van der Waals surface area contributed by atoms with Crippen LogP contribution >= 0.6 is 11.8 Å². The van der Waals surface area contributed by atoms with E-state index in [0.717, 1.165) is 12.5 Å². The SMILES string of the molecule is CNCc1ccc(SCCC2CC2)cc1. The average molecular weight is 221 g/mol. The highest BCUT2D eigenvalue weighted by Crippen LogP contribution is 2.34. The van der Waals surface area contributed by atoms with Gasteiger partial charge in [0, 0.05) is 11.4 Å². The summed E-state index contributed by atoms with van der Waals surface area (Å²) in [5.41, 5.74) is 1.36. The van der Waals surface area contributed by atoms with Gasteiger partial charge in [-0.15, -0.1) is 11.8 Å². The first-order valence-electron chi connectivity index (χ1n) is 5.75. The van der Waals surface area contributed by atoms with Gasteiger partial charge >= 0.3 is 0 Å². The Hall–Kier alpha value is -0.470. The van der Waals surface area contributed by atoms with Crippen molar-refractivity contribution in [3.63, 3.8) is 0 Å². The van der Waals surface area contributed by atoms with E-state index in [2.05, 4.69) is 29.6 Å². The fourth-order valence-corrected chi connectivity index (χ4v) is 2.67. The zero-order valence-electron chi connectivity index (χ0n) is 9.33. The minimum atomic E-state index is 0.965. The molecule has 0 spiro atoms. The number of hydrogen-bond donors (Lipinski definition) is 1. The molecule has 0 unspecified atom stereocenters. The summed E-state index contributed by atoms with van der Waals surface area (Å²) in [7, 11) is 1.98. The maximum Gasteiger partial charge on any atom is 0.0202 e. The molecule has 0 aliphatic heterocycles. The summed E-state index contributed by atoms with van der Waals surface area (Å²) < 4.78 is 0. The average Bonchev–Trinajstić information content (AvgIpc) is 3.05. The molecule has 0 saturated heterocycles. The Morgan fingerprint density at radius 1 is 1.27 bits per heavy atom. The highest BCUT2D eigenvalue weighted by Gasteiger charge is 2.20. The molecule has 1 aliphatic carbocycles. The van der Waals surface area contributed by atoms with Gasteiger partial charge in [0.25, 0.3) is 0 Å².